The molecule has 1 saturated heterocycles. The molecule has 1 heterocycles. The monoisotopic (exact) mass is 197 g/mol. The summed E-state index contributed by atoms with van der Waals surface area (Å²) in [6.07, 6.45) is 4.65. The van der Waals surface area contributed by atoms with Gasteiger partial charge in [-0.2, -0.15) is 0 Å². The van der Waals surface area contributed by atoms with Crippen molar-refractivity contribution in [1.29, 1.82) is 5.41 Å². The Hall–Kier alpha value is -0.570. The van der Waals surface area contributed by atoms with Crippen molar-refractivity contribution in [3.63, 3.8) is 0 Å². The molecule has 3 N–H and O–H groups in total. The van der Waals surface area contributed by atoms with Gasteiger partial charge in [0.2, 0.25) is 0 Å². The van der Waals surface area contributed by atoms with Crippen LogP contribution in [0.1, 0.15) is 39.5 Å². The first kappa shape index (κ1) is 11.5. The third-order valence-corrected chi connectivity index (χ3v) is 3.44. The lowest BCUT2D eigenvalue weighted by atomic mass is 9.79. The second-order valence-electron chi connectivity index (χ2n) is 4.67. The second kappa shape index (κ2) is 4.78. The molecule has 82 valence electrons. The van der Waals surface area contributed by atoms with E-state index in [0.717, 1.165) is 25.9 Å². The molecule has 0 aromatic heterocycles. The Morgan fingerprint density at radius 3 is 2.43 bits per heavy atom. The van der Waals surface area contributed by atoms with E-state index >= 15 is 0 Å². The molecule has 1 rings (SSSR count). The van der Waals surface area contributed by atoms with E-state index in [2.05, 4.69) is 18.7 Å². The number of piperidine rings is 1. The van der Waals surface area contributed by atoms with E-state index in [1.807, 2.05) is 0 Å². The summed E-state index contributed by atoms with van der Waals surface area (Å²) in [5.41, 5.74) is 5.59. The maximum atomic E-state index is 7.55. The molecule has 0 spiro atoms. The van der Waals surface area contributed by atoms with E-state index in [1.165, 1.54) is 19.4 Å². The van der Waals surface area contributed by atoms with Crippen LogP contribution in [-0.4, -0.2) is 30.4 Å². The number of nitrogens with two attached hydrogens (primary N) is 1. The second-order valence-corrected chi connectivity index (χ2v) is 4.67. The summed E-state index contributed by atoms with van der Waals surface area (Å²) in [5, 5.41) is 7.55. The molecule has 3 nitrogen and oxygen atoms in total. The maximum absolute atomic E-state index is 7.55. The van der Waals surface area contributed by atoms with Crippen LogP contribution < -0.4 is 5.73 Å². The Labute approximate surface area is 87.2 Å². The molecular weight excluding hydrogens is 174 g/mol. The largest absolute Gasteiger partial charge is 0.387 e. The fourth-order valence-electron chi connectivity index (χ4n) is 1.92. The lowest BCUT2D eigenvalue weighted by Gasteiger charge is -2.38. The molecular formula is C11H23N3. The van der Waals surface area contributed by atoms with Crippen LogP contribution in [0.15, 0.2) is 0 Å². The summed E-state index contributed by atoms with van der Waals surface area (Å²) < 4.78 is 0. The molecule has 3 heteroatoms. The standard InChI is InChI=1S/C11H23N3/c1-3-4-7-14-8-5-11(2,6-9-14)10(12)13/h3-9H2,1-2H3,(H3,12,13). The zero-order valence-electron chi connectivity index (χ0n) is 9.47. The highest BCUT2D eigenvalue weighted by atomic mass is 15.1. The Bertz CT molecular complexity index is 193. The molecule has 0 unspecified atom stereocenters. The van der Waals surface area contributed by atoms with Crippen molar-refractivity contribution in [2.24, 2.45) is 11.1 Å². The SMILES string of the molecule is CCCCN1CCC(C)(C(=N)N)CC1. The van der Waals surface area contributed by atoms with E-state index in [1.54, 1.807) is 0 Å². The number of nitrogens with zero attached hydrogens (tertiary/aromatic N) is 1. The van der Waals surface area contributed by atoms with E-state index in [4.69, 9.17) is 11.1 Å². The Morgan fingerprint density at radius 2 is 2.00 bits per heavy atom. The molecule has 0 aliphatic carbocycles. The Balaban J connectivity index is 2.34. The average Bonchev–Trinajstić information content (AvgIpc) is 2.17. The lowest BCUT2D eigenvalue weighted by Crippen LogP contribution is -2.45. The van der Waals surface area contributed by atoms with E-state index in [0.29, 0.717) is 5.84 Å². The first-order valence-corrected chi connectivity index (χ1v) is 5.65. The molecule has 0 radical (unpaired) electrons. The number of amidine groups is 1. The first-order valence-electron chi connectivity index (χ1n) is 5.65. The molecule has 1 aliphatic heterocycles. The fraction of sp³-hybridized carbons (Fsp3) is 0.909. The number of hydrogen-bond acceptors (Lipinski definition) is 2. The van der Waals surface area contributed by atoms with Crippen molar-refractivity contribution in [3.8, 4) is 0 Å². The van der Waals surface area contributed by atoms with Crippen molar-refractivity contribution in [3.05, 3.63) is 0 Å². The van der Waals surface area contributed by atoms with Gasteiger partial charge in [-0.25, -0.2) is 0 Å². The summed E-state index contributed by atoms with van der Waals surface area (Å²) in [5.74, 6) is 0.368. The quantitative estimate of drug-likeness (QED) is 0.533. The van der Waals surface area contributed by atoms with Crippen LogP contribution in [-0.2, 0) is 0 Å². The van der Waals surface area contributed by atoms with Gasteiger partial charge in [-0.3, -0.25) is 5.41 Å². The summed E-state index contributed by atoms with van der Waals surface area (Å²) in [7, 11) is 0. The Kier molecular flexibility index (Phi) is 3.93. The molecule has 0 atom stereocenters. The Morgan fingerprint density at radius 1 is 1.43 bits per heavy atom. The van der Waals surface area contributed by atoms with Crippen molar-refractivity contribution < 1.29 is 0 Å². The van der Waals surface area contributed by atoms with Crippen LogP contribution >= 0.6 is 0 Å². The van der Waals surface area contributed by atoms with Gasteiger partial charge in [0.1, 0.15) is 0 Å². The van der Waals surface area contributed by atoms with Gasteiger partial charge in [0.25, 0.3) is 0 Å². The minimum atomic E-state index is -0.0251. The van der Waals surface area contributed by atoms with Crippen molar-refractivity contribution in [2.45, 2.75) is 39.5 Å². The highest BCUT2D eigenvalue weighted by molar-refractivity contribution is 5.83. The van der Waals surface area contributed by atoms with E-state index in [-0.39, 0.29) is 5.41 Å². The lowest BCUT2D eigenvalue weighted by molar-refractivity contribution is 0.161. The molecule has 0 amide bonds. The number of rotatable bonds is 4. The van der Waals surface area contributed by atoms with Gasteiger partial charge in [-0.15, -0.1) is 0 Å². The van der Waals surface area contributed by atoms with Crippen LogP contribution in [0.5, 0.6) is 0 Å². The van der Waals surface area contributed by atoms with Crippen LogP contribution in [0.25, 0.3) is 0 Å². The van der Waals surface area contributed by atoms with Gasteiger partial charge >= 0.3 is 0 Å². The third-order valence-electron chi connectivity index (χ3n) is 3.44. The van der Waals surface area contributed by atoms with Crippen LogP contribution in [0.2, 0.25) is 0 Å². The predicted octanol–water partition coefficient (Wildman–Crippen LogP) is 1.82. The summed E-state index contributed by atoms with van der Waals surface area (Å²) in [6.45, 7) is 7.77. The zero-order valence-corrected chi connectivity index (χ0v) is 9.47. The molecule has 1 aliphatic rings. The highest BCUT2D eigenvalue weighted by Crippen LogP contribution is 2.30. The molecule has 14 heavy (non-hydrogen) atoms. The van der Waals surface area contributed by atoms with Gasteiger partial charge in [-0.1, -0.05) is 20.3 Å². The van der Waals surface area contributed by atoms with Crippen LogP contribution in [0.3, 0.4) is 0 Å². The zero-order chi connectivity index (χ0) is 10.6. The normalized spacial score (nSPS) is 22.1. The molecule has 0 aromatic rings. The molecule has 0 bridgehead atoms. The number of likely N-dealkylation sites (tertiary alicyclic amines) is 1. The summed E-state index contributed by atoms with van der Waals surface area (Å²) in [4.78, 5) is 2.49. The minimum Gasteiger partial charge on any atom is -0.387 e. The number of nitrogens with one attached hydrogen (secondary N) is 1. The van der Waals surface area contributed by atoms with Crippen LogP contribution in [0, 0.1) is 10.8 Å². The summed E-state index contributed by atoms with van der Waals surface area (Å²) >= 11 is 0. The number of unbranched alkanes of at least 4 members (excludes halogenated alkanes) is 1. The van der Waals surface area contributed by atoms with Gasteiger partial charge in [-0.05, 0) is 38.9 Å². The van der Waals surface area contributed by atoms with Gasteiger partial charge in [0, 0.05) is 5.41 Å². The van der Waals surface area contributed by atoms with Gasteiger partial charge in [0.15, 0.2) is 0 Å². The van der Waals surface area contributed by atoms with Gasteiger partial charge < -0.3 is 10.6 Å². The smallest absolute Gasteiger partial charge is 0.0966 e. The van der Waals surface area contributed by atoms with Crippen molar-refractivity contribution >= 4 is 5.84 Å². The topological polar surface area (TPSA) is 53.1 Å². The fourth-order valence-corrected chi connectivity index (χ4v) is 1.92. The molecule has 0 saturated carbocycles. The number of hydrogen-bond donors (Lipinski definition) is 2. The van der Waals surface area contributed by atoms with Crippen molar-refractivity contribution in [2.75, 3.05) is 19.6 Å². The predicted molar refractivity (Wildman–Crippen MR) is 60.6 cm³/mol. The van der Waals surface area contributed by atoms with Gasteiger partial charge in [0.05, 0.1) is 5.84 Å². The summed E-state index contributed by atoms with van der Waals surface area (Å²) in [6, 6.07) is 0. The van der Waals surface area contributed by atoms with Crippen molar-refractivity contribution in [1.82, 2.24) is 4.90 Å². The maximum Gasteiger partial charge on any atom is 0.0966 e. The van der Waals surface area contributed by atoms with Crippen LogP contribution in [0.4, 0.5) is 0 Å². The third kappa shape index (κ3) is 2.71. The molecule has 1 fully saturated rings. The minimum absolute atomic E-state index is 0.0251. The van der Waals surface area contributed by atoms with E-state index < -0.39 is 0 Å². The molecule has 0 aromatic carbocycles. The average molecular weight is 197 g/mol. The van der Waals surface area contributed by atoms with E-state index in [9.17, 15) is 0 Å². The first-order chi connectivity index (χ1) is 6.58. The highest BCUT2D eigenvalue weighted by Gasteiger charge is 2.32.